The van der Waals surface area contributed by atoms with E-state index in [1.165, 1.54) is 29.8 Å². The fraction of sp³-hybridized carbons (Fsp3) is 0.167. The van der Waals surface area contributed by atoms with Crippen LogP contribution in [0.3, 0.4) is 0 Å². The lowest BCUT2D eigenvalue weighted by Crippen LogP contribution is -2.17. The molecule has 0 aliphatic heterocycles. The first kappa shape index (κ1) is 12.7. The molecule has 0 unspecified atom stereocenters. The van der Waals surface area contributed by atoms with Crippen molar-refractivity contribution in [3.8, 4) is 0 Å². The maximum atomic E-state index is 12.4. The molecule has 0 bridgehead atoms. The molecule has 80 valence electrons. The van der Waals surface area contributed by atoms with E-state index in [9.17, 15) is 8.28 Å². The van der Waals surface area contributed by atoms with Crippen molar-refractivity contribution in [3.05, 3.63) is 29.6 Å². The van der Waals surface area contributed by atoms with Crippen LogP contribution in [0, 0.1) is 11.4 Å². The third-order valence-electron chi connectivity index (χ3n) is 1.17. The molecular formula is C6H8F2N2O3S. The molecule has 0 aliphatic rings. The minimum absolute atomic E-state index is 0.176. The number of rotatable bonds is 0. The molecule has 2 N–H and O–H groups in total. The molecule has 14 heavy (non-hydrogen) atoms. The Bertz CT molecular complexity index is 446. The van der Waals surface area contributed by atoms with Gasteiger partial charge in [0.25, 0.3) is 0 Å². The molecule has 0 atom stereocenters. The monoisotopic (exact) mass is 226 g/mol. The van der Waals surface area contributed by atoms with Gasteiger partial charge in [-0.1, -0.05) is 9.95 Å². The molecule has 0 radical (unpaired) electrons. The summed E-state index contributed by atoms with van der Waals surface area (Å²) in [7, 11) is -3.66. The van der Waals surface area contributed by atoms with Crippen LogP contribution in [0.25, 0.3) is 0 Å². The summed E-state index contributed by atoms with van der Waals surface area (Å²) in [5, 5.41) is 7.08. The summed E-state index contributed by atoms with van der Waals surface area (Å²) in [5.74, 6) is -0.387. The maximum Gasteiger partial charge on any atom is 0.435 e. The molecule has 0 saturated heterocycles. The molecule has 8 heteroatoms. The molecule has 0 aromatic carbocycles. The van der Waals surface area contributed by atoms with Crippen molar-refractivity contribution in [2.24, 2.45) is 7.05 Å². The van der Waals surface area contributed by atoms with Gasteiger partial charge in [-0.25, -0.2) is 0 Å². The third kappa shape index (κ3) is 6.26. The van der Waals surface area contributed by atoms with Crippen LogP contribution >= 0.6 is 0 Å². The lowest BCUT2D eigenvalue weighted by Gasteiger charge is -1.96. The number of hydrogen-bond acceptors (Lipinski definition) is 3. The summed E-state index contributed by atoms with van der Waals surface area (Å²) in [6.45, 7) is 0. The van der Waals surface area contributed by atoms with Crippen molar-refractivity contribution in [2.75, 3.05) is 0 Å². The van der Waals surface area contributed by atoms with Crippen LogP contribution < -0.4 is 5.49 Å². The van der Waals surface area contributed by atoms with E-state index in [4.69, 9.17) is 18.4 Å². The number of hydrogen-bond donors (Lipinski definition) is 2. The van der Waals surface area contributed by atoms with Crippen LogP contribution in [-0.2, 0) is 17.6 Å². The molecule has 5 nitrogen and oxygen atoms in total. The first-order valence-corrected chi connectivity index (χ1v) is 4.59. The smallest absolute Gasteiger partial charge is 0.306 e. The second kappa shape index (κ2) is 4.82. The number of pyridine rings is 1. The van der Waals surface area contributed by atoms with Gasteiger partial charge in [0.15, 0.2) is 5.95 Å². The Balaban J connectivity index is 0.000000292. The van der Waals surface area contributed by atoms with E-state index in [-0.39, 0.29) is 11.4 Å². The van der Waals surface area contributed by atoms with E-state index in [1.807, 2.05) is 0 Å². The van der Waals surface area contributed by atoms with Crippen LogP contribution in [0.5, 0.6) is 0 Å². The van der Waals surface area contributed by atoms with Gasteiger partial charge in [0.05, 0.1) is 0 Å². The maximum absolute atomic E-state index is 12.4. The molecule has 1 aromatic rings. The number of nitrogens with one attached hydrogen (secondary N) is 1. The van der Waals surface area contributed by atoms with Crippen molar-refractivity contribution < 1.29 is 21.2 Å². The highest BCUT2D eigenvalue weighted by Gasteiger charge is 1.90. The second-order valence-electron chi connectivity index (χ2n) is 2.20. The molecular weight excluding hydrogens is 218 g/mol. The first-order valence-electron chi connectivity index (χ1n) is 3.25. The fourth-order valence-electron chi connectivity index (χ4n) is 0.557. The van der Waals surface area contributed by atoms with Gasteiger partial charge in [-0.15, -0.1) is 0 Å². The highest BCUT2D eigenvalue weighted by Crippen LogP contribution is 1.87. The van der Waals surface area contributed by atoms with Gasteiger partial charge in [0.2, 0.25) is 0 Å². The average molecular weight is 226 g/mol. The first-order chi connectivity index (χ1) is 6.22. The molecule has 1 heterocycles. The molecule has 0 fully saturated rings. The summed E-state index contributed by atoms with van der Waals surface area (Å²) >= 11 is 0. The number of nitrogens with zero attached hydrogens (tertiary/aromatic N) is 1. The molecule has 0 saturated carbocycles. The van der Waals surface area contributed by atoms with Gasteiger partial charge in [-0.2, -0.15) is 12.8 Å². The van der Waals surface area contributed by atoms with Gasteiger partial charge >= 0.3 is 10.5 Å². The Labute approximate surface area is 79.2 Å². The Morgan fingerprint density at radius 1 is 1.50 bits per heavy atom. The molecule has 1 aromatic heterocycles. The van der Waals surface area contributed by atoms with Gasteiger partial charge in [-0.05, 0) is 12.1 Å². The summed E-state index contributed by atoms with van der Waals surface area (Å²) in [6, 6.07) is 4.36. The van der Waals surface area contributed by atoms with Crippen molar-refractivity contribution in [1.29, 1.82) is 5.41 Å². The van der Waals surface area contributed by atoms with Crippen LogP contribution in [-0.4, -0.2) is 17.5 Å². The lowest BCUT2D eigenvalue weighted by atomic mass is 10.5. The molecule has 0 aliphatic carbocycles. The number of halogens is 2. The normalized spacial score (nSPS) is 10.3. The topological polar surface area (TPSA) is 83.2 Å². The Morgan fingerprint density at radius 3 is 2.21 bits per heavy atom. The van der Waals surface area contributed by atoms with Crippen molar-refractivity contribution >= 4 is 10.5 Å². The van der Waals surface area contributed by atoms with Crippen molar-refractivity contribution in [3.63, 3.8) is 0 Å². The third-order valence-corrected chi connectivity index (χ3v) is 1.17. The average Bonchev–Trinajstić information content (AvgIpc) is 1.97. The zero-order valence-electron chi connectivity index (χ0n) is 7.11. The van der Waals surface area contributed by atoms with Crippen LogP contribution in [0.1, 0.15) is 0 Å². The lowest BCUT2D eigenvalue weighted by molar-refractivity contribution is 0.435. The zero-order valence-corrected chi connectivity index (χ0v) is 7.92. The van der Waals surface area contributed by atoms with Crippen molar-refractivity contribution in [1.82, 2.24) is 4.57 Å². The van der Waals surface area contributed by atoms with Gasteiger partial charge in [0.1, 0.15) is 5.49 Å². The summed E-state index contributed by atoms with van der Waals surface area (Å²) < 4.78 is 47.7. The van der Waals surface area contributed by atoms with E-state index in [1.54, 1.807) is 0 Å². The Kier molecular flexibility index (Phi) is 4.38. The Morgan fingerprint density at radius 2 is 1.93 bits per heavy atom. The SMILES string of the molecule is Cn1c(F)cccc1=N.O=S(=O)(O)F. The van der Waals surface area contributed by atoms with Crippen LogP contribution in [0.4, 0.5) is 8.28 Å². The minimum Gasteiger partial charge on any atom is -0.306 e. The van der Waals surface area contributed by atoms with E-state index >= 15 is 0 Å². The molecule has 0 spiro atoms. The zero-order chi connectivity index (χ0) is 11.4. The quantitative estimate of drug-likeness (QED) is 0.381. The van der Waals surface area contributed by atoms with E-state index in [0.717, 1.165) is 0 Å². The molecule has 1 rings (SSSR count). The van der Waals surface area contributed by atoms with E-state index in [0.29, 0.717) is 0 Å². The van der Waals surface area contributed by atoms with Gasteiger partial charge in [-0.3, -0.25) is 9.96 Å². The van der Waals surface area contributed by atoms with E-state index in [2.05, 4.69) is 0 Å². The fourth-order valence-corrected chi connectivity index (χ4v) is 0.557. The standard InChI is InChI=1S/C6H7FN2.FHO3S/c1-9-5(7)3-2-4-6(9)8;1-5(2,3)4/h2-4,8H,1H3;(H,2,3,4). The van der Waals surface area contributed by atoms with E-state index < -0.39 is 10.5 Å². The summed E-state index contributed by atoms with van der Waals surface area (Å²) in [4.78, 5) is 0. The largest absolute Gasteiger partial charge is 0.435 e. The predicted octanol–water partition coefficient (Wildman–Crippen LogP) is 0.402. The highest BCUT2D eigenvalue weighted by molar-refractivity contribution is 7.80. The number of aromatic nitrogens is 1. The summed E-state index contributed by atoms with van der Waals surface area (Å²) in [5.41, 5.74) is 0.176. The Hall–Kier alpha value is -1.28. The van der Waals surface area contributed by atoms with Crippen molar-refractivity contribution in [2.45, 2.75) is 0 Å². The van der Waals surface area contributed by atoms with Gasteiger partial charge < -0.3 is 4.57 Å². The van der Waals surface area contributed by atoms with Crippen LogP contribution in [0.2, 0.25) is 0 Å². The highest BCUT2D eigenvalue weighted by atomic mass is 32.3. The van der Waals surface area contributed by atoms with Gasteiger partial charge in [0, 0.05) is 7.05 Å². The predicted molar refractivity (Wildman–Crippen MR) is 43.9 cm³/mol. The second-order valence-corrected chi connectivity index (χ2v) is 3.03. The summed E-state index contributed by atoms with van der Waals surface area (Å²) in [6.07, 6.45) is 0. The van der Waals surface area contributed by atoms with Crippen LogP contribution in [0.15, 0.2) is 18.2 Å². The minimum atomic E-state index is -5.17. The molecule has 0 amide bonds.